The summed E-state index contributed by atoms with van der Waals surface area (Å²) in [6.07, 6.45) is 0.290. The number of rotatable bonds is 6. The molecule has 5 heteroatoms. The Bertz CT molecular complexity index is 326. The van der Waals surface area contributed by atoms with Gasteiger partial charge in [-0.15, -0.1) is 0 Å². The van der Waals surface area contributed by atoms with Crippen LogP contribution < -0.4 is 0 Å². The third-order valence-electron chi connectivity index (χ3n) is 2.79. The normalized spacial score (nSPS) is 15.5. The van der Waals surface area contributed by atoms with Crippen LogP contribution in [0.3, 0.4) is 0 Å². The number of nitrogens with zero attached hydrogens (tertiary/aromatic N) is 3. The molecule has 17 heavy (non-hydrogen) atoms. The second-order valence-electron chi connectivity index (χ2n) is 5.11. The predicted molar refractivity (Wildman–Crippen MR) is 65.8 cm³/mol. The van der Waals surface area contributed by atoms with Crippen molar-refractivity contribution in [2.24, 2.45) is 5.92 Å². The van der Waals surface area contributed by atoms with Gasteiger partial charge in [-0.25, -0.2) is 0 Å². The Morgan fingerprint density at radius 3 is 2.41 bits per heavy atom. The maximum Gasteiger partial charge on any atom is 0.232 e. The highest BCUT2D eigenvalue weighted by Crippen LogP contribution is 2.26. The Balaban J connectivity index is 2.71. The van der Waals surface area contributed by atoms with Crippen molar-refractivity contribution >= 4 is 0 Å². The molecule has 0 aliphatic heterocycles. The van der Waals surface area contributed by atoms with Crippen molar-refractivity contribution in [3.05, 3.63) is 11.7 Å². The molecule has 0 aromatic carbocycles. The largest absolute Gasteiger partial charge is 0.393 e. The van der Waals surface area contributed by atoms with E-state index in [0.29, 0.717) is 11.7 Å². The van der Waals surface area contributed by atoms with E-state index in [1.165, 1.54) is 0 Å². The van der Waals surface area contributed by atoms with E-state index >= 15 is 0 Å². The highest BCUT2D eigenvalue weighted by molar-refractivity contribution is 4.98. The summed E-state index contributed by atoms with van der Waals surface area (Å²) in [6.45, 7) is 6.73. The summed E-state index contributed by atoms with van der Waals surface area (Å²) in [7, 11) is 4.02. The van der Waals surface area contributed by atoms with Crippen LogP contribution in [0.4, 0.5) is 0 Å². The molecule has 0 fully saturated rings. The summed E-state index contributed by atoms with van der Waals surface area (Å²) in [5.41, 5.74) is 0. The minimum Gasteiger partial charge on any atom is -0.393 e. The SMILES string of the molecule is CC(C)C(c1nc(CCN(C)C)no1)C(C)O. The molecule has 1 heterocycles. The molecule has 1 aromatic heterocycles. The van der Waals surface area contributed by atoms with Gasteiger partial charge in [-0.1, -0.05) is 19.0 Å². The lowest BCUT2D eigenvalue weighted by Crippen LogP contribution is -2.20. The molecule has 1 N–H and O–H groups in total. The lowest BCUT2D eigenvalue weighted by atomic mass is 9.91. The molecule has 0 aliphatic carbocycles. The Labute approximate surface area is 103 Å². The summed E-state index contributed by atoms with van der Waals surface area (Å²) in [4.78, 5) is 6.43. The van der Waals surface area contributed by atoms with Crippen LogP contribution in [0.25, 0.3) is 0 Å². The molecular weight excluding hydrogens is 218 g/mol. The number of likely N-dealkylation sites (N-methyl/N-ethyl adjacent to an activating group) is 1. The highest BCUT2D eigenvalue weighted by atomic mass is 16.5. The number of aromatic nitrogens is 2. The van der Waals surface area contributed by atoms with E-state index in [1.807, 2.05) is 27.9 Å². The predicted octanol–water partition coefficient (Wildman–Crippen LogP) is 1.29. The number of aliphatic hydroxyl groups excluding tert-OH is 1. The Morgan fingerprint density at radius 2 is 1.94 bits per heavy atom. The summed E-state index contributed by atoms with van der Waals surface area (Å²) >= 11 is 0. The molecule has 0 radical (unpaired) electrons. The van der Waals surface area contributed by atoms with Crippen LogP contribution in [0.5, 0.6) is 0 Å². The smallest absolute Gasteiger partial charge is 0.232 e. The summed E-state index contributed by atoms with van der Waals surface area (Å²) in [5.74, 6) is 1.44. The van der Waals surface area contributed by atoms with Gasteiger partial charge in [-0.3, -0.25) is 0 Å². The van der Waals surface area contributed by atoms with Crippen LogP contribution in [-0.4, -0.2) is 46.9 Å². The van der Waals surface area contributed by atoms with Gasteiger partial charge in [-0.2, -0.15) is 4.98 Å². The van der Waals surface area contributed by atoms with Gasteiger partial charge >= 0.3 is 0 Å². The molecule has 0 saturated carbocycles. The molecule has 1 rings (SSSR count). The fraction of sp³-hybridized carbons (Fsp3) is 0.833. The van der Waals surface area contributed by atoms with E-state index in [4.69, 9.17) is 4.52 Å². The molecule has 0 spiro atoms. The fourth-order valence-corrected chi connectivity index (χ4v) is 1.88. The molecule has 0 saturated heterocycles. The maximum absolute atomic E-state index is 9.73. The summed E-state index contributed by atoms with van der Waals surface area (Å²) in [6, 6.07) is 0. The second kappa shape index (κ2) is 6.12. The zero-order chi connectivity index (χ0) is 13.0. The number of hydrogen-bond acceptors (Lipinski definition) is 5. The number of aliphatic hydroxyl groups is 1. The van der Waals surface area contributed by atoms with Gasteiger partial charge in [0, 0.05) is 13.0 Å². The van der Waals surface area contributed by atoms with E-state index in [9.17, 15) is 5.11 Å². The molecular formula is C12H23N3O2. The van der Waals surface area contributed by atoms with Gasteiger partial charge in [0.05, 0.1) is 12.0 Å². The van der Waals surface area contributed by atoms with Crippen molar-refractivity contribution < 1.29 is 9.63 Å². The molecule has 0 amide bonds. The van der Waals surface area contributed by atoms with Crippen LogP contribution in [0, 0.1) is 5.92 Å². The third-order valence-corrected chi connectivity index (χ3v) is 2.79. The lowest BCUT2D eigenvalue weighted by molar-refractivity contribution is 0.120. The highest BCUT2D eigenvalue weighted by Gasteiger charge is 2.26. The van der Waals surface area contributed by atoms with Crippen molar-refractivity contribution in [3.63, 3.8) is 0 Å². The van der Waals surface area contributed by atoms with E-state index in [-0.39, 0.29) is 11.8 Å². The van der Waals surface area contributed by atoms with Gasteiger partial charge < -0.3 is 14.5 Å². The topological polar surface area (TPSA) is 62.4 Å². The lowest BCUT2D eigenvalue weighted by Gasteiger charge is -2.19. The standard InChI is InChI=1S/C12H23N3O2/c1-8(2)11(9(3)16)12-13-10(14-17-12)6-7-15(4)5/h8-9,11,16H,6-7H2,1-5H3. The zero-order valence-corrected chi connectivity index (χ0v) is 11.3. The van der Waals surface area contributed by atoms with Gasteiger partial charge in [0.1, 0.15) is 0 Å². The van der Waals surface area contributed by atoms with Gasteiger partial charge in [-0.05, 0) is 26.9 Å². The van der Waals surface area contributed by atoms with Gasteiger partial charge in [0.15, 0.2) is 5.82 Å². The second-order valence-corrected chi connectivity index (χ2v) is 5.11. The minimum atomic E-state index is -0.475. The molecule has 5 nitrogen and oxygen atoms in total. The van der Waals surface area contributed by atoms with E-state index in [2.05, 4.69) is 15.0 Å². The molecule has 2 atom stereocenters. The van der Waals surface area contributed by atoms with Crippen molar-refractivity contribution in [2.45, 2.75) is 39.2 Å². The van der Waals surface area contributed by atoms with E-state index in [1.54, 1.807) is 6.92 Å². The zero-order valence-electron chi connectivity index (χ0n) is 11.3. The van der Waals surface area contributed by atoms with Crippen LogP contribution in [0.2, 0.25) is 0 Å². The molecule has 1 aromatic rings. The monoisotopic (exact) mass is 241 g/mol. The fourth-order valence-electron chi connectivity index (χ4n) is 1.88. The first kappa shape index (κ1) is 14.1. The average molecular weight is 241 g/mol. The van der Waals surface area contributed by atoms with E-state index < -0.39 is 6.10 Å². The Hall–Kier alpha value is -0.940. The molecule has 98 valence electrons. The minimum absolute atomic E-state index is 0.0874. The molecule has 0 bridgehead atoms. The third kappa shape index (κ3) is 4.09. The summed E-state index contributed by atoms with van der Waals surface area (Å²) in [5, 5.41) is 13.7. The molecule has 0 aliphatic rings. The average Bonchev–Trinajstić information content (AvgIpc) is 2.62. The quantitative estimate of drug-likeness (QED) is 0.813. The van der Waals surface area contributed by atoms with Crippen molar-refractivity contribution in [1.29, 1.82) is 0 Å². The van der Waals surface area contributed by atoms with Crippen molar-refractivity contribution in [2.75, 3.05) is 20.6 Å². The van der Waals surface area contributed by atoms with Gasteiger partial charge in [0.2, 0.25) is 5.89 Å². The van der Waals surface area contributed by atoms with Crippen LogP contribution >= 0.6 is 0 Å². The van der Waals surface area contributed by atoms with Crippen LogP contribution in [0.15, 0.2) is 4.52 Å². The first-order chi connectivity index (χ1) is 7.91. The number of hydrogen-bond donors (Lipinski definition) is 1. The van der Waals surface area contributed by atoms with Gasteiger partial charge in [0.25, 0.3) is 0 Å². The summed E-state index contributed by atoms with van der Waals surface area (Å²) < 4.78 is 5.24. The van der Waals surface area contributed by atoms with Crippen LogP contribution in [0.1, 0.15) is 38.4 Å². The van der Waals surface area contributed by atoms with E-state index in [0.717, 1.165) is 13.0 Å². The molecule has 2 unspecified atom stereocenters. The van der Waals surface area contributed by atoms with Crippen molar-refractivity contribution in [1.82, 2.24) is 15.0 Å². The van der Waals surface area contributed by atoms with Crippen molar-refractivity contribution in [3.8, 4) is 0 Å². The Kier molecular flexibility index (Phi) is 5.08. The first-order valence-electron chi connectivity index (χ1n) is 6.07. The van der Waals surface area contributed by atoms with Crippen LogP contribution in [-0.2, 0) is 6.42 Å². The Morgan fingerprint density at radius 1 is 1.29 bits per heavy atom. The maximum atomic E-state index is 9.73. The first-order valence-corrected chi connectivity index (χ1v) is 6.07.